The van der Waals surface area contributed by atoms with E-state index in [1.807, 2.05) is 41.2 Å². The SMILES string of the molecule is CCCCc1ccc2c(c1)c1ccc(Oc3[c-]c(-n4nc(C)c(-c5ccccc5)c4C)ccc3)[c-]c1n2-c1cc(CC(C)C)ccn1.[Pt+2]. The van der Waals surface area contributed by atoms with E-state index in [9.17, 15) is 0 Å². The first-order valence-electron chi connectivity index (χ1n) is 16.7. The van der Waals surface area contributed by atoms with Gasteiger partial charge < -0.3 is 9.30 Å². The maximum absolute atomic E-state index is 6.46. The van der Waals surface area contributed by atoms with Crippen molar-refractivity contribution < 1.29 is 25.8 Å². The van der Waals surface area contributed by atoms with Gasteiger partial charge in [0.25, 0.3) is 0 Å². The Morgan fingerprint density at radius 3 is 2.42 bits per heavy atom. The van der Waals surface area contributed by atoms with Crippen LogP contribution < -0.4 is 4.74 Å². The van der Waals surface area contributed by atoms with E-state index in [2.05, 4.69) is 112 Å². The molecule has 0 saturated heterocycles. The molecule has 0 amide bonds. The monoisotopic (exact) mass is 811 g/mol. The van der Waals surface area contributed by atoms with E-state index in [0.29, 0.717) is 17.4 Å². The number of rotatable bonds is 10. The Hall–Kier alpha value is -4.47. The summed E-state index contributed by atoms with van der Waals surface area (Å²) < 4.78 is 10.6. The number of aromatic nitrogens is 4. The van der Waals surface area contributed by atoms with Crippen LogP contribution in [0.2, 0.25) is 0 Å². The minimum Gasteiger partial charge on any atom is -0.509 e. The molecule has 0 unspecified atom stereocenters. The number of hydrogen-bond donors (Lipinski definition) is 0. The molecule has 244 valence electrons. The summed E-state index contributed by atoms with van der Waals surface area (Å²) in [5.41, 5.74) is 9.85. The molecule has 48 heavy (non-hydrogen) atoms. The summed E-state index contributed by atoms with van der Waals surface area (Å²) >= 11 is 0. The third kappa shape index (κ3) is 6.62. The van der Waals surface area contributed by atoms with E-state index < -0.39 is 0 Å². The van der Waals surface area contributed by atoms with Crippen LogP contribution in [0.25, 0.3) is 44.4 Å². The summed E-state index contributed by atoms with van der Waals surface area (Å²) in [5, 5.41) is 7.22. The van der Waals surface area contributed by atoms with Crippen LogP contribution >= 0.6 is 0 Å². The average molecular weight is 812 g/mol. The molecule has 0 aliphatic carbocycles. The van der Waals surface area contributed by atoms with Gasteiger partial charge in [-0.25, -0.2) is 4.98 Å². The first-order chi connectivity index (χ1) is 22.9. The fourth-order valence-electron chi connectivity index (χ4n) is 6.62. The maximum atomic E-state index is 6.46. The van der Waals surface area contributed by atoms with Crippen molar-refractivity contribution in [2.75, 3.05) is 0 Å². The van der Waals surface area contributed by atoms with Crippen LogP contribution in [0.5, 0.6) is 11.5 Å². The van der Waals surface area contributed by atoms with Crippen LogP contribution in [0.15, 0.2) is 97.2 Å². The third-order valence-electron chi connectivity index (χ3n) is 8.77. The molecule has 0 fully saturated rings. The summed E-state index contributed by atoms with van der Waals surface area (Å²) in [5.74, 6) is 2.68. The van der Waals surface area contributed by atoms with E-state index in [1.54, 1.807) is 0 Å². The van der Waals surface area contributed by atoms with Crippen molar-refractivity contribution in [1.29, 1.82) is 0 Å². The minimum absolute atomic E-state index is 0. The number of nitrogens with zero attached hydrogens (tertiary/aromatic N) is 4. The molecule has 7 rings (SSSR count). The standard InChI is InChI=1S/C42H40N4O.Pt/c1-6-7-12-31-17-20-39-38(24-31)37-19-18-36(27-40(37)45(39)41-25-32(21-22-43-41)23-28(2)3)47-35-16-11-15-34(26-35)46-30(5)42(29(4)44-46)33-13-9-8-10-14-33;/h8-11,13-22,24-25,28H,6-7,12,23H2,1-5H3;/q-2;+2. The van der Waals surface area contributed by atoms with Gasteiger partial charge in [-0.2, -0.15) is 17.2 Å². The van der Waals surface area contributed by atoms with Crippen LogP contribution in [0.3, 0.4) is 0 Å². The molecule has 4 aromatic carbocycles. The van der Waals surface area contributed by atoms with E-state index in [4.69, 9.17) is 14.8 Å². The number of pyridine rings is 1. The van der Waals surface area contributed by atoms with E-state index in [-0.39, 0.29) is 21.1 Å². The molecule has 0 aliphatic rings. The van der Waals surface area contributed by atoms with Crippen LogP contribution in [-0.2, 0) is 33.9 Å². The molecule has 0 atom stereocenters. The van der Waals surface area contributed by atoms with Gasteiger partial charge in [0.05, 0.1) is 5.69 Å². The second kappa shape index (κ2) is 14.3. The summed E-state index contributed by atoms with van der Waals surface area (Å²) in [4.78, 5) is 4.85. The Morgan fingerprint density at radius 2 is 1.62 bits per heavy atom. The molecular weight excluding hydrogens is 772 g/mol. The molecule has 7 aromatic rings. The van der Waals surface area contributed by atoms with Gasteiger partial charge in [-0.05, 0) is 85.0 Å². The molecule has 0 aliphatic heterocycles. The summed E-state index contributed by atoms with van der Waals surface area (Å²) in [6.07, 6.45) is 6.34. The van der Waals surface area contributed by atoms with Crippen molar-refractivity contribution in [1.82, 2.24) is 19.3 Å². The average Bonchev–Trinajstić information content (AvgIpc) is 3.56. The first kappa shape index (κ1) is 33.4. The first-order valence-corrected chi connectivity index (χ1v) is 16.7. The number of benzene rings is 4. The molecule has 3 aromatic heterocycles. The maximum Gasteiger partial charge on any atom is 2.00 e. The zero-order valence-electron chi connectivity index (χ0n) is 28.2. The van der Waals surface area contributed by atoms with Gasteiger partial charge in [0.15, 0.2) is 0 Å². The van der Waals surface area contributed by atoms with Gasteiger partial charge in [-0.3, -0.25) is 4.68 Å². The zero-order valence-corrected chi connectivity index (χ0v) is 30.4. The minimum atomic E-state index is 0. The number of unbranched alkanes of at least 4 members (excludes halogenated alkanes) is 1. The number of hydrogen-bond acceptors (Lipinski definition) is 3. The van der Waals surface area contributed by atoms with E-state index >= 15 is 0 Å². The predicted molar refractivity (Wildman–Crippen MR) is 192 cm³/mol. The Morgan fingerprint density at radius 1 is 0.812 bits per heavy atom. The Kier molecular flexibility index (Phi) is 9.98. The van der Waals surface area contributed by atoms with Gasteiger partial charge in [-0.15, -0.1) is 35.7 Å². The van der Waals surface area contributed by atoms with Gasteiger partial charge in [-0.1, -0.05) is 75.2 Å². The van der Waals surface area contributed by atoms with Gasteiger partial charge in [0.1, 0.15) is 5.82 Å². The molecule has 3 heterocycles. The van der Waals surface area contributed by atoms with Crippen molar-refractivity contribution in [3.8, 4) is 34.1 Å². The molecule has 0 bridgehead atoms. The molecular formula is C42H40N4OPt. The number of aryl methyl sites for hydroxylation is 2. The fraction of sp³-hybridized carbons (Fsp3) is 0.238. The van der Waals surface area contributed by atoms with Crippen LogP contribution in [0, 0.1) is 31.9 Å². The van der Waals surface area contributed by atoms with Crippen LogP contribution in [0.1, 0.15) is 56.1 Å². The Bertz CT molecular complexity index is 2200. The fourth-order valence-corrected chi connectivity index (χ4v) is 6.62. The third-order valence-corrected chi connectivity index (χ3v) is 8.77. The van der Waals surface area contributed by atoms with Crippen molar-refractivity contribution in [2.45, 2.75) is 60.3 Å². The summed E-state index contributed by atoms with van der Waals surface area (Å²) in [7, 11) is 0. The van der Waals surface area contributed by atoms with Gasteiger partial charge in [0, 0.05) is 34.5 Å². The normalized spacial score (nSPS) is 11.4. The predicted octanol–water partition coefficient (Wildman–Crippen LogP) is 10.6. The van der Waals surface area contributed by atoms with Gasteiger partial charge in [0.2, 0.25) is 0 Å². The number of ether oxygens (including phenoxy) is 1. The molecule has 5 nitrogen and oxygen atoms in total. The Balaban J connectivity index is 0.00000401. The van der Waals surface area contributed by atoms with Crippen LogP contribution in [-0.4, -0.2) is 19.3 Å². The van der Waals surface area contributed by atoms with Crippen molar-refractivity contribution >= 4 is 21.8 Å². The molecule has 0 saturated carbocycles. The molecule has 0 radical (unpaired) electrons. The van der Waals surface area contributed by atoms with Crippen molar-refractivity contribution in [3.63, 3.8) is 0 Å². The van der Waals surface area contributed by atoms with E-state index in [1.165, 1.54) is 29.4 Å². The Labute approximate surface area is 297 Å². The topological polar surface area (TPSA) is 44.9 Å². The van der Waals surface area contributed by atoms with Crippen molar-refractivity contribution in [3.05, 3.63) is 132 Å². The molecule has 0 spiro atoms. The largest absolute Gasteiger partial charge is 2.00 e. The summed E-state index contributed by atoms with van der Waals surface area (Å²) in [6.45, 7) is 10.9. The van der Waals surface area contributed by atoms with Gasteiger partial charge >= 0.3 is 21.1 Å². The molecule has 0 N–H and O–H groups in total. The molecule has 6 heteroatoms. The smallest absolute Gasteiger partial charge is 0.509 e. The summed E-state index contributed by atoms with van der Waals surface area (Å²) in [6, 6.07) is 38.7. The van der Waals surface area contributed by atoms with Crippen molar-refractivity contribution in [2.24, 2.45) is 5.92 Å². The zero-order chi connectivity index (χ0) is 32.5. The van der Waals surface area contributed by atoms with E-state index in [0.717, 1.165) is 63.3 Å². The second-order valence-electron chi connectivity index (χ2n) is 12.8. The quantitative estimate of drug-likeness (QED) is 0.129. The van der Waals surface area contributed by atoms with Crippen LogP contribution in [0.4, 0.5) is 0 Å². The second-order valence-corrected chi connectivity index (χ2v) is 12.8. The number of fused-ring (bicyclic) bond motifs is 3.